The van der Waals surface area contributed by atoms with Crippen LogP contribution in [0.1, 0.15) is 32.8 Å². The number of carboxylic acids is 1. The van der Waals surface area contributed by atoms with E-state index in [9.17, 15) is 19.7 Å². The first-order chi connectivity index (χ1) is 12.1. The smallest absolute Gasteiger partial charge is 0.311 e. The van der Waals surface area contributed by atoms with E-state index in [-0.39, 0.29) is 35.4 Å². The first-order valence-corrected chi connectivity index (χ1v) is 9.16. The van der Waals surface area contributed by atoms with E-state index >= 15 is 0 Å². The van der Waals surface area contributed by atoms with Gasteiger partial charge in [-0.25, -0.2) is 0 Å². The number of carboxylic acid groups (broad SMARTS) is 1. The molecule has 1 amide bonds. The first-order valence-electron chi connectivity index (χ1n) is 8.01. The first kappa shape index (κ1) is 21.8. The monoisotopic (exact) mass is 384 g/mol. The lowest BCUT2D eigenvalue weighted by Crippen LogP contribution is -2.51. The second-order valence-corrected chi connectivity index (χ2v) is 7.43. The fraction of sp³-hybridized carbons (Fsp3) is 0.529. The van der Waals surface area contributed by atoms with Crippen LogP contribution < -0.4 is 10.1 Å². The number of ether oxygens (including phenoxy) is 1. The number of nitrogens with zero attached hydrogens (tertiary/aromatic N) is 1. The zero-order valence-corrected chi connectivity index (χ0v) is 16.1. The number of rotatable bonds is 10. The Kier molecular flexibility index (Phi) is 7.88. The molecule has 1 unspecified atom stereocenters. The van der Waals surface area contributed by atoms with E-state index in [1.165, 1.54) is 31.0 Å². The van der Waals surface area contributed by atoms with E-state index in [0.717, 1.165) is 0 Å². The summed E-state index contributed by atoms with van der Waals surface area (Å²) in [4.78, 5) is 33.7. The lowest BCUT2D eigenvalue weighted by atomic mass is 9.85. The van der Waals surface area contributed by atoms with Gasteiger partial charge in [0.2, 0.25) is 5.91 Å². The van der Waals surface area contributed by atoms with Gasteiger partial charge in [0.1, 0.15) is 0 Å². The number of nitro benzene ring substituents is 1. The predicted octanol–water partition coefficient (Wildman–Crippen LogP) is 2.84. The summed E-state index contributed by atoms with van der Waals surface area (Å²) in [6.45, 7) is 5.42. The molecule has 2 N–H and O–H groups in total. The molecular weight excluding hydrogens is 360 g/mol. The lowest BCUT2D eigenvalue weighted by molar-refractivity contribution is -0.385. The summed E-state index contributed by atoms with van der Waals surface area (Å²) in [5.41, 5.74) is -0.251. The average molecular weight is 384 g/mol. The molecule has 144 valence electrons. The largest absolute Gasteiger partial charge is 0.490 e. The van der Waals surface area contributed by atoms with Crippen molar-refractivity contribution < 1.29 is 24.4 Å². The van der Waals surface area contributed by atoms with Crippen molar-refractivity contribution in [2.24, 2.45) is 5.92 Å². The molecule has 0 bridgehead atoms. The van der Waals surface area contributed by atoms with Gasteiger partial charge in [-0.05, 0) is 24.5 Å². The Hall–Kier alpha value is -2.29. The summed E-state index contributed by atoms with van der Waals surface area (Å²) in [6, 6.07) is 4.66. The number of nitrogens with one attached hydrogen (secondary N) is 1. The maximum Gasteiger partial charge on any atom is 0.311 e. The summed E-state index contributed by atoms with van der Waals surface area (Å²) in [6.07, 6.45) is -0.161. The SMILES string of the molecule is COc1ccc(CSCC(=O)NC(C)(CC(=O)O)C(C)C)cc1[N+](=O)[O-]. The number of thioether (sulfide) groups is 1. The Morgan fingerprint density at radius 3 is 2.58 bits per heavy atom. The van der Waals surface area contributed by atoms with E-state index < -0.39 is 16.4 Å². The topological polar surface area (TPSA) is 119 Å². The highest BCUT2D eigenvalue weighted by atomic mass is 32.2. The molecule has 0 saturated carbocycles. The van der Waals surface area contributed by atoms with Crippen molar-refractivity contribution in [3.05, 3.63) is 33.9 Å². The second-order valence-electron chi connectivity index (χ2n) is 6.45. The van der Waals surface area contributed by atoms with Crippen LogP contribution in [0.15, 0.2) is 18.2 Å². The molecule has 0 heterocycles. The number of hydrogen-bond donors (Lipinski definition) is 2. The minimum Gasteiger partial charge on any atom is -0.490 e. The Balaban J connectivity index is 2.64. The molecular formula is C17H24N2O6S. The molecule has 8 nitrogen and oxygen atoms in total. The zero-order valence-electron chi connectivity index (χ0n) is 15.3. The highest BCUT2D eigenvalue weighted by Gasteiger charge is 2.32. The molecule has 1 aromatic carbocycles. The van der Waals surface area contributed by atoms with Crippen molar-refractivity contribution in [2.75, 3.05) is 12.9 Å². The standard InChI is InChI=1S/C17H24N2O6S/c1-11(2)17(3,8-16(21)22)18-15(20)10-26-9-12-5-6-14(25-4)13(7-12)19(23)24/h5-7,11H,8-10H2,1-4H3,(H,18,20)(H,21,22). The van der Waals surface area contributed by atoms with Crippen LogP contribution in [0.2, 0.25) is 0 Å². The second kappa shape index (κ2) is 9.42. The maximum absolute atomic E-state index is 12.2. The molecule has 0 aliphatic carbocycles. The number of amides is 1. The highest BCUT2D eigenvalue weighted by Crippen LogP contribution is 2.29. The zero-order chi connectivity index (χ0) is 19.9. The highest BCUT2D eigenvalue weighted by molar-refractivity contribution is 7.99. The van der Waals surface area contributed by atoms with Crippen molar-refractivity contribution in [3.8, 4) is 5.75 Å². The number of aliphatic carboxylic acids is 1. The molecule has 1 aromatic rings. The molecule has 0 spiro atoms. The van der Waals surface area contributed by atoms with Crippen molar-refractivity contribution >= 4 is 29.3 Å². The van der Waals surface area contributed by atoms with Gasteiger partial charge in [-0.1, -0.05) is 19.9 Å². The number of hydrogen-bond acceptors (Lipinski definition) is 6. The van der Waals surface area contributed by atoms with E-state index in [1.807, 2.05) is 13.8 Å². The molecule has 0 aromatic heterocycles. The fourth-order valence-electron chi connectivity index (χ4n) is 2.29. The minimum atomic E-state index is -0.973. The predicted molar refractivity (Wildman–Crippen MR) is 99.4 cm³/mol. The summed E-state index contributed by atoms with van der Waals surface area (Å²) >= 11 is 1.30. The van der Waals surface area contributed by atoms with Gasteiger partial charge in [-0.2, -0.15) is 0 Å². The lowest BCUT2D eigenvalue weighted by Gasteiger charge is -2.33. The van der Waals surface area contributed by atoms with Crippen LogP contribution in [0.5, 0.6) is 5.75 Å². The Morgan fingerprint density at radius 1 is 1.42 bits per heavy atom. The normalized spacial score (nSPS) is 13.1. The molecule has 0 saturated heterocycles. The van der Waals surface area contributed by atoms with Gasteiger partial charge >= 0.3 is 11.7 Å². The Labute approximate surface area is 156 Å². The van der Waals surface area contributed by atoms with Crippen LogP contribution in [-0.4, -0.2) is 40.3 Å². The minimum absolute atomic E-state index is 0.0446. The van der Waals surface area contributed by atoms with Crippen LogP contribution in [0.25, 0.3) is 0 Å². The summed E-state index contributed by atoms with van der Waals surface area (Å²) in [7, 11) is 1.37. The Bertz CT molecular complexity index is 679. The maximum atomic E-state index is 12.2. The van der Waals surface area contributed by atoms with E-state index in [1.54, 1.807) is 13.0 Å². The van der Waals surface area contributed by atoms with E-state index in [2.05, 4.69) is 5.32 Å². The average Bonchev–Trinajstić information content (AvgIpc) is 2.53. The van der Waals surface area contributed by atoms with Gasteiger partial charge in [0, 0.05) is 17.4 Å². The van der Waals surface area contributed by atoms with Crippen LogP contribution in [-0.2, 0) is 15.3 Å². The van der Waals surface area contributed by atoms with E-state index in [0.29, 0.717) is 11.3 Å². The number of carbonyl (C=O) groups is 2. The quantitative estimate of drug-likeness (QED) is 0.470. The third kappa shape index (κ3) is 6.21. The Morgan fingerprint density at radius 2 is 2.08 bits per heavy atom. The van der Waals surface area contributed by atoms with Gasteiger partial charge in [-0.15, -0.1) is 11.8 Å². The number of methoxy groups -OCH3 is 1. The van der Waals surface area contributed by atoms with Gasteiger partial charge in [0.25, 0.3) is 0 Å². The van der Waals surface area contributed by atoms with Crippen LogP contribution in [0.3, 0.4) is 0 Å². The van der Waals surface area contributed by atoms with Gasteiger partial charge < -0.3 is 15.2 Å². The third-order valence-electron chi connectivity index (χ3n) is 4.16. The van der Waals surface area contributed by atoms with Gasteiger partial charge in [0.15, 0.2) is 5.75 Å². The van der Waals surface area contributed by atoms with Gasteiger partial charge in [-0.3, -0.25) is 19.7 Å². The summed E-state index contributed by atoms with van der Waals surface area (Å²) in [5, 5.41) is 22.8. The number of carbonyl (C=O) groups excluding carboxylic acids is 1. The molecule has 9 heteroatoms. The molecule has 0 aliphatic heterocycles. The summed E-state index contributed by atoms with van der Waals surface area (Å²) < 4.78 is 4.95. The van der Waals surface area contributed by atoms with Crippen LogP contribution in [0.4, 0.5) is 5.69 Å². The van der Waals surface area contributed by atoms with Gasteiger partial charge in [0.05, 0.1) is 24.2 Å². The van der Waals surface area contributed by atoms with Crippen molar-refractivity contribution in [1.82, 2.24) is 5.32 Å². The fourth-order valence-corrected chi connectivity index (χ4v) is 3.07. The van der Waals surface area contributed by atoms with E-state index in [4.69, 9.17) is 9.84 Å². The number of nitro groups is 1. The van der Waals surface area contributed by atoms with Crippen molar-refractivity contribution in [1.29, 1.82) is 0 Å². The van der Waals surface area contributed by atoms with Crippen LogP contribution >= 0.6 is 11.8 Å². The van der Waals surface area contributed by atoms with Crippen molar-refractivity contribution in [2.45, 2.75) is 38.5 Å². The van der Waals surface area contributed by atoms with Crippen LogP contribution in [0, 0.1) is 16.0 Å². The molecule has 0 fully saturated rings. The third-order valence-corrected chi connectivity index (χ3v) is 5.16. The summed E-state index contributed by atoms with van der Waals surface area (Å²) in [5.74, 6) is -0.563. The molecule has 1 atom stereocenters. The molecule has 1 rings (SSSR count). The molecule has 0 radical (unpaired) electrons. The van der Waals surface area contributed by atoms with Crippen molar-refractivity contribution in [3.63, 3.8) is 0 Å². The number of benzene rings is 1. The molecule has 0 aliphatic rings. The molecule has 26 heavy (non-hydrogen) atoms.